The van der Waals surface area contributed by atoms with E-state index in [1.165, 1.54) is 0 Å². The van der Waals surface area contributed by atoms with E-state index in [2.05, 4.69) is 5.32 Å². The minimum Gasteiger partial charge on any atom is -0.484 e. The molecule has 116 valence electrons. The van der Waals surface area contributed by atoms with Gasteiger partial charge < -0.3 is 15.2 Å². The fourth-order valence-electron chi connectivity index (χ4n) is 2.68. The second-order valence-electron chi connectivity index (χ2n) is 5.67. The van der Waals surface area contributed by atoms with Crippen LogP contribution in [0.15, 0.2) is 18.2 Å². The van der Waals surface area contributed by atoms with Gasteiger partial charge in [0.15, 0.2) is 6.61 Å². The molecule has 0 unspecified atom stereocenters. The van der Waals surface area contributed by atoms with Crippen molar-refractivity contribution < 1.29 is 14.6 Å². The van der Waals surface area contributed by atoms with Crippen molar-refractivity contribution in [2.75, 3.05) is 6.61 Å². The Morgan fingerprint density at radius 3 is 2.81 bits per heavy atom. The zero-order chi connectivity index (χ0) is 15.4. The summed E-state index contributed by atoms with van der Waals surface area (Å²) >= 11 is 5.88. The average molecular weight is 312 g/mol. The lowest BCUT2D eigenvalue weighted by Crippen LogP contribution is -2.47. The molecule has 1 aliphatic carbocycles. The number of aliphatic hydroxyl groups excluding tert-OH is 1. The van der Waals surface area contributed by atoms with Crippen LogP contribution in [0.25, 0.3) is 0 Å². The highest BCUT2D eigenvalue weighted by molar-refractivity contribution is 6.30. The van der Waals surface area contributed by atoms with Crippen LogP contribution in [0.1, 0.15) is 31.7 Å². The number of hydrogen-bond donors (Lipinski definition) is 2. The molecule has 2 N–H and O–H groups in total. The number of carbonyl (C=O) groups excluding carboxylic acids is 1. The maximum atomic E-state index is 12.0. The molecule has 1 aromatic rings. The zero-order valence-electron chi connectivity index (χ0n) is 12.4. The lowest BCUT2D eigenvalue weighted by atomic mass is 9.76. The van der Waals surface area contributed by atoms with E-state index < -0.39 is 0 Å². The van der Waals surface area contributed by atoms with Crippen LogP contribution in [0, 0.1) is 12.8 Å². The van der Waals surface area contributed by atoms with Gasteiger partial charge in [-0.05, 0) is 55.9 Å². The summed E-state index contributed by atoms with van der Waals surface area (Å²) in [6, 6.07) is 5.44. The van der Waals surface area contributed by atoms with Gasteiger partial charge in [0.2, 0.25) is 0 Å². The molecular weight excluding hydrogens is 290 g/mol. The first kappa shape index (κ1) is 16.1. The number of nitrogens with one attached hydrogen (secondary N) is 1. The second kappa shape index (κ2) is 7.14. The van der Waals surface area contributed by atoms with Crippen molar-refractivity contribution in [1.82, 2.24) is 5.32 Å². The van der Waals surface area contributed by atoms with E-state index in [0.29, 0.717) is 16.7 Å². The van der Waals surface area contributed by atoms with E-state index in [1.807, 2.05) is 13.8 Å². The molecule has 1 atom stereocenters. The van der Waals surface area contributed by atoms with E-state index in [9.17, 15) is 9.90 Å². The van der Waals surface area contributed by atoms with Gasteiger partial charge in [0.05, 0.1) is 6.10 Å². The second-order valence-corrected chi connectivity index (χ2v) is 6.10. The Kier molecular flexibility index (Phi) is 5.48. The largest absolute Gasteiger partial charge is 0.484 e. The number of rotatable bonds is 6. The van der Waals surface area contributed by atoms with Crippen molar-refractivity contribution in [3.8, 4) is 5.75 Å². The first-order chi connectivity index (χ1) is 9.99. The van der Waals surface area contributed by atoms with Gasteiger partial charge in [0, 0.05) is 11.1 Å². The number of ether oxygens (including phenoxy) is 1. The van der Waals surface area contributed by atoms with Gasteiger partial charge in [-0.15, -0.1) is 0 Å². The molecule has 4 nitrogen and oxygen atoms in total. The molecule has 0 heterocycles. The van der Waals surface area contributed by atoms with Crippen LogP contribution in [0.5, 0.6) is 5.75 Å². The molecule has 0 saturated heterocycles. The third kappa shape index (κ3) is 4.35. The van der Waals surface area contributed by atoms with Gasteiger partial charge in [0.1, 0.15) is 5.75 Å². The smallest absolute Gasteiger partial charge is 0.258 e. The Bertz CT molecular complexity index is 500. The highest BCUT2D eigenvalue weighted by Gasteiger charge is 2.33. The molecule has 0 spiro atoms. The summed E-state index contributed by atoms with van der Waals surface area (Å²) in [5, 5.41) is 13.0. The molecule has 2 rings (SSSR count). The minimum atomic E-state index is -0.200. The number of carbonyl (C=O) groups is 1. The van der Waals surface area contributed by atoms with E-state index >= 15 is 0 Å². The Morgan fingerprint density at radius 2 is 2.24 bits per heavy atom. The van der Waals surface area contributed by atoms with Crippen LogP contribution >= 0.6 is 11.6 Å². The summed E-state index contributed by atoms with van der Waals surface area (Å²) in [6.45, 7) is 3.93. The van der Waals surface area contributed by atoms with Gasteiger partial charge in [-0.1, -0.05) is 18.5 Å². The quantitative estimate of drug-likeness (QED) is 0.849. The Balaban J connectivity index is 1.81. The standard InChI is InChI=1S/C16H22ClNO3/c1-3-14(11-7-13(19)8-11)18-16(20)9-21-15-5-4-12(17)6-10(15)2/h4-6,11,13-14,19H,3,7-9H2,1-2H3,(H,18,20)/t11?,13?,14-/m1/s1. The molecule has 1 amide bonds. The highest BCUT2D eigenvalue weighted by Crippen LogP contribution is 2.31. The van der Waals surface area contributed by atoms with Crippen LogP contribution in [-0.2, 0) is 4.79 Å². The predicted molar refractivity (Wildman–Crippen MR) is 82.6 cm³/mol. The van der Waals surface area contributed by atoms with Gasteiger partial charge in [-0.2, -0.15) is 0 Å². The van der Waals surface area contributed by atoms with E-state index in [1.54, 1.807) is 18.2 Å². The van der Waals surface area contributed by atoms with Crippen molar-refractivity contribution in [2.45, 2.75) is 45.3 Å². The molecule has 1 saturated carbocycles. The van der Waals surface area contributed by atoms with Crippen LogP contribution in [0.4, 0.5) is 0 Å². The lowest BCUT2D eigenvalue weighted by molar-refractivity contribution is -0.125. The van der Waals surface area contributed by atoms with Crippen LogP contribution in [-0.4, -0.2) is 29.8 Å². The zero-order valence-corrected chi connectivity index (χ0v) is 13.2. The van der Waals surface area contributed by atoms with Crippen LogP contribution < -0.4 is 10.1 Å². The summed E-state index contributed by atoms with van der Waals surface area (Å²) in [4.78, 5) is 12.0. The summed E-state index contributed by atoms with van der Waals surface area (Å²) in [5.41, 5.74) is 0.907. The molecule has 0 aromatic heterocycles. The highest BCUT2D eigenvalue weighted by atomic mass is 35.5. The summed E-state index contributed by atoms with van der Waals surface area (Å²) in [5.74, 6) is 0.922. The Labute approximate surface area is 130 Å². The molecular formula is C16H22ClNO3. The lowest BCUT2D eigenvalue weighted by Gasteiger charge is -2.37. The summed E-state index contributed by atoms with van der Waals surface area (Å²) < 4.78 is 5.53. The first-order valence-corrected chi connectivity index (χ1v) is 7.73. The summed E-state index contributed by atoms with van der Waals surface area (Å²) in [6.07, 6.45) is 2.21. The molecule has 1 aliphatic rings. The average Bonchev–Trinajstić information content (AvgIpc) is 2.40. The summed E-state index contributed by atoms with van der Waals surface area (Å²) in [7, 11) is 0. The normalized spacial score (nSPS) is 22.3. The maximum Gasteiger partial charge on any atom is 0.258 e. The number of halogens is 1. The third-order valence-corrected chi connectivity index (χ3v) is 4.24. The molecule has 0 aliphatic heterocycles. The van der Waals surface area contributed by atoms with Crippen molar-refractivity contribution in [2.24, 2.45) is 5.92 Å². The molecule has 1 aromatic carbocycles. The Morgan fingerprint density at radius 1 is 1.52 bits per heavy atom. The van der Waals surface area contributed by atoms with Gasteiger partial charge in [-0.25, -0.2) is 0 Å². The van der Waals surface area contributed by atoms with Crippen LogP contribution in [0.2, 0.25) is 5.02 Å². The number of hydrogen-bond acceptors (Lipinski definition) is 3. The first-order valence-electron chi connectivity index (χ1n) is 7.36. The third-order valence-electron chi connectivity index (χ3n) is 4.00. The van der Waals surface area contributed by atoms with Crippen molar-refractivity contribution in [1.29, 1.82) is 0 Å². The monoisotopic (exact) mass is 311 g/mol. The maximum absolute atomic E-state index is 12.0. The number of benzene rings is 1. The van der Waals surface area contributed by atoms with Crippen molar-refractivity contribution in [3.63, 3.8) is 0 Å². The van der Waals surface area contributed by atoms with E-state index in [0.717, 1.165) is 24.8 Å². The fraction of sp³-hybridized carbons (Fsp3) is 0.562. The predicted octanol–water partition coefficient (Wildman–Crippen LogP) is 2.69. The topological polar surface area (TPSA) is 58.6 Å². The Hall–Kier alpha value is -1.26. The van der Waals surface area contributed by atoms with Gasteiger partial charge in [-0.3, -0.25) is 4.79 Å². The van der Waals surface area contributed by atoms with Crippen molar-refractivity contribution in [3.05, 3.63) is 28.8 Å². The molecule has 21 heavy (non-hydrogen) atoms. The van der Waals surface area contributed by atoms with Crippen molar-refractivity contribution >= 4 is 17.5 Å². The fourth-order valence-corrected chi connectivity index (χ4v) is 2.90. The number of amides is 1. The molecule has 0 radical (unpaired) electrons. The van der Waals surface area contributed by atoms with Gasteiger partial charge >= 0.3 is 0 Å². The number of aliphatic hydroxyl groups is 1. The molecule has 5 heteroatoms. The van der Waals surface area contributed by atoms with E-state index in [4.69, 9.17) is 16.3 Å². The van der Waals surface area contributed by atoms with Crippen LogP contribution in [0.3, 0.4) is 0 Å². The molecule has 1 fully saturated rings. The minimum absolute atomic E-state index is 0.00571. The molecule has 0 bridgehead atoms. The SMILES string of the molecule is CC[C@@H](NC(=O)COc1ccc(Cl)cc1C)C1CC(O)C1. The van der Waals surface area contributed by atoms with E-state index in [-0.39, 0.29) is 24.7 Å². The van der Waals surface area contributed by atoms with Gasteiger partial charge in [0.25, 0.3) is 5.91 Å². The number of aryl methyl sites for hydroxylation is 1.